The summed E-state index contributed by atoms with van der Waals surface area (Å²) in [5.74, 6) is -0.125. The van der Waals surface area contributed by atoms with Gasteiger partial charge in [-0.25, -0.2) is 14.8 Å². The Bertz CT molecular complexity index is 1640. The molecule has 1 fully saturated rings. The molecular formula is C30H34Cl2N8O5. The van der Waals surface area contributed by atoms with Crippen LogP contribution in [-0.2, 0) is 4.74 Å². The standard InChI is InChI=1S/C30H34Cl2N8O5/c1-18(2)16-45-30(43)40-12-10-39(11-13-40)9-4-14-44-19-7-8-22-23(15-19)36-29(35-22)38-28(42)26-25(33-17-34-26)27(41)37-24-20(31)5-3-6-21(24)32/h3,5-8,15,17-18H,4,9-14,16H2,1-2H3,(H,33,34)(H,37,41)(H2,35,36,38,42). The molecule has 0 aliphatic carbocycles. The molecule has 1 aliphatic heterocycles. The quantitative estimate of drug-likeness (QED) is 0.159. The van der Waals surface area contributed by atoms with Gasteiger partial charge in [-0.3, -0.25) is 19.8 Å². The lowest BCUT2D eigenvalue weighted by Crippen LogP contribution is -2.49. The number of para-hydroxylation sites is 1. The molecule has 15 heteroatoms. The molecule has 1 saturated heterocycles. The van der Waals surface area contributed by atoms with Gasteiger partial charge in [0.2, 0.25) is 5.95 Å². The van der Waals surface area contributed by atoms with Crippen molar-refractivity contribution in [3.05, 3.63) is 64.2 Å². The Kier molecular flexibility index (Phi) is 10.4. The third-order valence-corrected chi connectivity index (χ3v) is 7.66. The summed E-state index contributed by atoms with van der Waals surface area (Å²) in [6.07, 6.45) is 1.82. The Morgan fingerprint density at radius 1 is 1.02 bits per heavy atom. The van der Waals surface area contributed by atoms with E-state index in [9.17, 15) is 14.4 Å². The lowest BCUT2D eigenvalue weighted by atomic mass is 10.2. The van der Waals surface area contributed by atoms with E-state index < -0.39 is 11.8 Å². The maximum absolute atomic E-state index is 13.0. The first-order valence-electron chi connectivity index (χ1n) is 14.5. The average Bonchev–Trinajstić information content (AvgIpc) is 3.67. The second-order valence-corrected chi connectivity index (χ2v) is 11.7. The number of nitrogens with one attached hydrogen (secondary N) is 4. The number of piperazine rings is 1. The van der Waals surface area contributed by atoms with Gasteiger partial charge in [-0.2, -0.15) is 0 Å². The summed E-state index contributed by atoms with van der Waals surface area (Å²) in [6, 6.07) is 10.2. The van der Waals surface area contributed by atoms with Gasteiger partial charge in [-0.15, -0.1) is 0 Å². The van der Waals surface area contributed by atoms with Gasteiger partial charge in [0.05, 0.1) is 46.3 Å². The highest BCUT2D eigenvalue weighted by molar-refractivity contribution is 6.40. The summed E-state index contributed by atoms with van der Waals surface area (Å²) in [6.45, 7) is 8.73. The minimum Gasteiger partial charge on any atom is -0.493 e. The predicted molar refractivity (Wildman–Crippen MR) is 171 cm³/mol. The molecule has 0 radical (unpaired) electrons. The number of carbonyl (C=O) groups is 3. The highest BCUT2D eigenvalue weighted by Gasteiger charge is 2.24. The van der Waals surface area contributed by atoms with Gasteiger partial charge >= 0.3 is 6.09 Å². The van der Waals surface area contributed by atoms with Crippen LogP contribution in [0.25, 0.3) is 11.0 Å². The van der Waals surface area contributed by atoms with Gasteiger partial charge < -0.3 is 29.7 Å². The van der Waals surface area contributed by atoms with Crippen LogP contribution in [0.3, 0.4) is 0 Å². The molecule has 45 heavy (non-hydrogen) atoms. The Hall–Kier alpha value is -4.33. The summed E-state index contributed by atoms with van der Waals surface area (Å²) in [5.41, 5.74) is 1.31. The van der Waals surface area contributed by atoms with Crippen LogP contribution in [-0.4, -0.2) is 93.6 Å². The number of imidazole rings is 2. The Labute approximate surface area is 269 Å². The van der Waals surface area contributed by atoms with Gasteiger partial charge in [0, 0.05) is 38.8 Å². The van der Waals surface area contributed by atoms with Crippen LogP contribution in [0.4, 0.5) is 16.4 Å². The number of nitrogens with zero attached hydrogens (tertiary/aromatic N) is 4. The number of carbonyl (C=O) groups excluding carboxylic acids is 3. The zero-order valence-corrected chi connectivity index (χ0v) is 26.4. The highest BCUT2D eigenvalue weighted by atomic mass is 35.5. The molecular weight excluding hydrogens is 623 g/mol. The van der Waals surface area contributed by atoms with E-state index in [-0.39, 0.29) is 39.2 Å². The molecule has 0 saturated carbocycles. The van der Waals surface area contributed by atoms with Crippen LogP contribution >= 0.6 is 23.2 Å². The number of aromatic amines is 2. The molecule has 3 amide bonds. The van der Waals surface area contributed by atoms with Crippen molar-refractivity contribution in [2.24, 2.45) is 5.92 Å². The SMILES string of the molecule is CC(C)COC(=O)N1CCN(CCCOc2ccc3[nH]c(NC(=O)c4[nH]cnc4C(=O)Nc4c(Cl)cccc4Cl)nc3c2)CC1. The maximum atomic E-state index is 13.0. The van der Waals surface area contributed by atoms with E-state index in [2.05, 4.69) is 35.5 Å². The molecule has 2 aromatic heterocycles. The molecule has 3 heterocycles. The molecule has 0 bridgehead atoms. The van der Waals surface area contributed by atoms with Crippen molar-refractivity contribution >= 4 is 63.8 Å². The topological polar surface area (TPSA) is 158 Å². The van der Waals surface area contributed by atoms with Crippen molar-refractivity contribution in [3.8, 4) is 5.75 Å². The maximum Gasteiger partial charge on any atom is 0.409 e. The van der Waals surface area contributed by atoms with Crippen LogP contribution in [0.1, 0.15) is 41.2 Å². The number of amides is 3. The third kappa shape index (κ3) is 8.24. The molecule has 1 aliphatic rings. The number of hydrogen-bond acceptors (Lipinski definition) is 8. The number of anilines is 2. The molecule has 238 valence electrons. The summed E-state index contributed by atoms with van der Waals surface area (Å²) in [7, 11) is 0. The minimum absolute atomic E-state index is 0.0624. The molecule has 0 unspecified atom stereocenters. The van der Waals surface area contributed by atoms with Crippen molar-refractivity contribution in [2.75, 3.05) is 56.6 Å². The second-order valence-electron chi connectivity index (χ2n) is 10.9. The first-order chi connectivity index (χ1) is 21.7. The van der Waals surface area contributed by atoms with Crippen LogP contribution in [0, 0.1) is 5.92 Å². The van der Waals surface area contributed by atoms with Gasteiger partial charge in [0.15, 0.2) is 5.69 Å². The Morgan fingerprint density at radius 3 is 2.51 bits per heavy atom. The molecule has 0 spiro atoms. The van der Waals surface area contributed by atoms with Crippen molar-refractivity contribution in [1.29, 1.82) is 0 Å². The smallest absolute Gasteiger partial charge is 0.409 e. The van der Waals surface area contributed by atoms with Gasteiger partial charge in [-0.1, -0.05) is 43.1 Å². The number of halogens is 2. The van der Waals surface area contributed by atoms with Gasteiger partial charge in [0.25, 0.3) is 11.8 Å². The summed E-state index contributed by atoms with van der Waals surface area (Å²) in [5, 5.41) is 5.75. The van der Waals surface area contributed by atoms with Crippen molar-refractivity contribution < 1.29 is 23.9 Å². The number of rotatable bonds is 11. The third-order valence-electron chi connectivity index (χ3n) is 7.03. The monoisotopic (exact) mass is 656 g/mol. The molecule has 4 N–H and O–H groups in total. The summed E-state index contributed by atoms with van der Waals surface area (Å²) < 4.78 is 11.3. The van der Waals surface area contributed by atoms with Crippen LogP contribution in [0.2, 0.25) is 10.0 Å². The number of fused-ring (bicyclic) bond motifs is 1. The first kappa shape index (κ1) is 32.1. The van der Waals surface area contributed by atoms with E-state index in [1.165, 1.54) is 6.33 Å². The van der Waals surface area contributed by atoms with Crippen LogP contribution in [0.5, 0.6) is 5.75 Å². The lowest BCUT2D eigenvalue weighted by molar-refractivity contribution is 0.0679. The molecule has 4 aromatic rings. The predicted octanol–water partition coefficient (Wildman–Crippen LogP) is 5.28. The van der Waals surface area contributed by atoms with Crippen LogP contribution in [0.15, 0.2) is 42.7 Å². The molecule has 0 atom stereocenters. The van der Waals surface area contributed by atoms with E-state index in [0.717, 1.165) is 26.1 Å². The number of aromatic nitrogens is 4. The average molecular weight is 658 g/mol. The highest BCUT2D eigenvalue weighted by Crippen LogP contribution is 2.30. The fourth-order valence-corrected chi connectivity index (χ4v) is 5.19. The number of hydrogen-bond donors (Lipinski definition) is 4. The van der Waals surface area contributed by atoms with E-state index in [1.807, 2.05) is 26.0 Å². The largest absolute Gasteiger partial charge is 0.493 e. The Morgan fingerprint density at radius 2 is 1.78 bits per heavy atom. The van der Waals surface area contributed by atoms with Gasteiger partial charge in [-0.05, 0) is 36.6 Å². The molecule has 2 aromatic carbocycles. The summed E-state index contributed by atoms with van der Waals surface area (Å²) in [4.78, 5) is 56.3. The fraction of sp³-hybridized carbons (Fsp3) is 0.367. The number of benzene rings is 2. The second kappa shape index (κ2) is 14.6. The fourth-order valence-electron chi connectivity index (χ4n) is 4.70. The zero-order chi connectivity index (χ0) is 31.9. The van der Waals surface area contributed by atoms with E-state index in [1.54, 1.807) is 29.2 Å². The van der Waals surface area contributed by atoms with Crippen LogP contribution < -0.4 is 15.4 Å². The Balaban J connectivity index is 1.10. The normalized spacial score (nSPS) is 13.7. The number of ether oxygens (including phenoxy) is 2. The van der Waals surface area contributed by atoms with E-state index in [0.29, 0.717) is 49.0 Å². The first-order valence-corrected chi connectivity index (χ1v) is 15.3. The van der Waals surface area contributed by atoms with E-state index >= 15 is 0 Å². The zero-order valence-electron chi connectivity index (χ0n) is 24.9. The van der Waals surface area contributed by atoms with Crippen molar-refractivity contribution in [3.63, 3.8) is 0 Å². The minimum atomic E-state index is -0.660. The molecule has 5 rings (SSSR count). The van der Waals surface area contributed by atoms with Crippen molar-refractivity contribution in [1.82, 2.24) is 29.7 Å². The summed E-state index contributed by atoms with van der Waals surface area (Å²) >= 11 is 12.3. The molecule has 13 nitrogen and oxygen atoms in total. The van der Waals surface area contributed by atoms with Crippen molar-refractivity contribution in [2.45, 2.75) is 20.3 Å². The van der Waals surface area contributed by atoms with Gasteiger partial charge in [0.1, 0.15) is 11.4 Å². The van der Waals surface area contributed by atoms with E-state index in [4.69, 9.17) is 32.7 Å². The lowest BCUT2D eigenvalue weighted by Gasteiger charge is -2.34. The number of H-pyrrole nitrogens is 2.